The van der Waals surface area contributed by atoms with Crippen LogP contribution >= 0.6 is 0 Å². The van der Waals surface area contributed by atoms with Gasteiger partial charge in [-0.2, -0.15) is 0 Å². The molecule has 0 saturated carbocycles. The van der Waals surface area contributed by atoms with Gasteiger partial charge in [0.05, 0.1) is 0 Å². The molecule has 302 valence electrons. The summed E-state index contributed by atoms with van der Waals surface area (Å²) in [6.45, 7) is 4.70. The quantitative estimate of drug-likeness (QED) is 0.167. The first-order chi connectivity index (χ1) is 31.5. The topological polar surface area (TPSA) is 29.5 Å². The van der Waals surface area contributed by atoms with Crippen molar-refractivity contribution in [2.24, 2.45) is 0 Å². The molecule has 0 atom stereocenters. The third-order valence-corrected chi connectivity index (χ3v) is 13.7. The van der Waals surface area contributed by atoms with E-state index in [-0.39, 0.29) is 5.41 Å². The summed E-state index contributed by atoms with van der Waals surface area (Å²) < 4.78 is 13.4. The van der Waals surface area contributed by atoms with Gasteiger partial charge >= 0.3 is 0 Å². The van der Waals surface area contributed by atoms with Gasteiger partial charge in [-0.05, 0) is 98.4 Å². The van der Waals surface area contributed by atoms with Crippen molar-refractivity contribution in [2.45, 2.75) is 19.3 Å². The normalized spacial score (nSPS) is 13.0. The van der Waals surface area contributed by atoms with Crippen LogP contribution in [0.5, 0.6) is 0 Å². The van der Waals surface area contributed by atoms with Gasteiger partial charge in [-0.3, -0.25) is 0 Å². The highest BCUT2D eigenvalue weighted by Crippen LogP contribution is 2.51. The summed E-state index contributed by atoms with van der Waals surface area (Å²) in [6, 6.07) is 76.6. The largest absolute Gasteiger partial charge is 0.455 e. The summed E-state index contributed by atoms with van der Waals surface area (Å²) in [5, 5.41) is 6.77. The molecule has 0 saturated heterocycles. The van der Waals surface area contributed by atoms with Crippen molar-refractivity contribution in [2.75, 3.05) is 4.90 Å². The maximum Gasteiger partial charge on any atom is 0.143 e. The van der Waals surface area contributed by atoms with Crippen LogP contribution < -0.4 is 4.90 Å². The van der Waals surface area contributed by atoms with Crippen LogP contribution in [-0.4, -0.2) is 0 Å². The summed E-state index contributed by atoms with van der Waals surface area (Å²) in [6.07, 6.45) is 0. The molecule has 0 bridgehead atoms. The van der Waals surface area contributed by atoms with Crippen molar-refractivity contribution in [3.8, 4) is 44.5 Å². The minimum absolute atomic E-state index is 0.123. The molecule has 1 aliphatic carbocycles. The zero-order valence-electron chi connectivity index (χ0n) is 35.5. The van der Waals surface area contributed by atoms with Crippen molar-refractivity contribution in [1.82, 2.24) is 0 Å². The smallest absolute Gasteiger partial charge is 0.143 e. The minimum Gasteiger partial charge on any atom is -0.455 e. The molecular weight excluding hydrogens is 779 g/mol. The van der Waals surface area contributed by atoms with E-state index in [9.17, 15) is 0 Å². The molecule has 64 heavy (non-hydrogen) atoms. The zero-order valence-corrected chi connectivity index (χ0v) is 35.5. The fraction of sp³-hybridized carbons (Fsp3) is 0.0492. The van der Waals surface area contributed by atoms with E-state index in [1.54, 1.807) is 0 Å². The molecule has 0 amide bonds. The molecule has 2 aromatic heterocycles. The Labute approximate surface area is 371 Å². The molecule has 2 heterocycles. The van der Waals surface area contributed by atoms with Crippen molar-refractivity contribution in [1.29, 1.82) is 0 Å². The Balaban J connectivity index is 0.958. The molecule has 3 nitrogen and oxygen atoms in total. The lowest BCUT2D eigenvalue weighted by atomic mass is 9.82. The van der Waals surface area contributed by atoms with Crippen molar-refractivity contribution >= 4 is 71.7 Å². The van der Waals surface area contributed by atoms with Crippen molar-refractivity contribution in [3.63, 3.8) is 0 Å². The van der Waals surface area contributed by atoms with Crippen LogP contribution in [0.2, 0.25) is 0 Å². The SMILES string of the molecule is CC1(C)c2ccccc2-c2ccc(N(c3ccc(-c4cccc5ccc6oc7c(-c8cccc9c8oc8ccccc89)cccc7c6c45)cc3)c3cccc(-c4ccccc4)c3)cc21. The zero-order chi connectivity index (χ0) is 42.5. The number of hydrogen-bond acceptors (Lipinski definition) is 3. The van der Waals surface area contributed by atoms with Gasteiger partial charge in [0.15, 0.2) is 0 Å². The highest BCUT2D eigenvalue weighted by Gasteiger charge is 2.36. The monoisotopic (exact) mass is 819 g/mol. The maximum absolute atomic E-state index is 6.87. The number of fused-ring (bicyclic) bond motifs is 11. The van der Waals surface area contributed by atoms with Crippen molar-refractivity contribution < 1.29 is 8.83 Å². The van der Waals surface area contributed by atoms with E-state index in [0.717, 1.165) is 83.2 Å². The lowest BCUT2D eigenvalue weighted by Gasteiger charge is -2.28. The van der Waals surface area contributed by atoms with Crippen molar-refractivity contribution in [3.05, 3.63) is 223 Å². The predicted octanol–water partition coefficient (Wildman–Crippen LogP) is 17.4. The summed E-state index contributed by atoms with van der Waals surface area (Å²) in [5.74, 6) is 0. The highest BCUT2D eigenvalue weighted by atomic mass is 16.3. The third kappa shape index (κ3) is 5.47. The number of para-hydroxylation sites is 3. The van der Waals surface area contributed by atoms with Gasteiger partial charge in [0.1, 0.15) is 22.3 Å². The number of hydrogen-bond donors (Lipinski definition) is 0. The van der Waals surface area contributed by atoms with E-state index in [1.165, 1.54) is 44.2 Å². The number of nitrogens with zero attached hydrogens (tertiary/aromatic N) is 1. The van der Waals surface area contributed by atoms with Gasteiger partial charge < -0.3 is 13.7 Å². The first kappa shape index (κ1) is 36.5. The Morgan fingerprint density at radius 1 is 0.344 bits per heavy atom. The van der Waals surface area contributed by atoms with E-state index >= 15 is 0 Å². The van der Waals surface area contributed by atoms with Crippen LogP contribution in [-0.2, 0) is 5.41 Å². The standard InChI is InChI=1S/C61H41NO2/c1-61(2)53-26-8-6-19-46(53)47-34-33-44(37-54(47)61)62(43-18-10-17-41(36-43)38-14-4-3-5-15-38)42-31-28-39(29-32-42)45-21-11-16-40-30-35-56-58(57(40)45)52-25-13-24-51(60(52)64-56)50-23-12-22-49-48-20-7-9-27-55(48)63-59(49)50/h3-37H,1-2H3. The second kappa shape index (κ2) is 13.9. The Bertz CT molecular complexity index is 3810. The molecule has 13 rings (SSSR count). The number of rotatable bonds is 6. The second-order valence-corrected chi connectivity index (χ2v) is 17.6. The average molecular weight is 820 g/mol. The molecule has 10 aromatic carbocycles. The summed E-state index contributed by atoms with van der Waals surface area (Å²) in [5.41, 5.74) is 18.7. The van der Waals surface area contributed by atoms with E-state index in [4.69, 9.17) is 8.83 Å². The van der Waals surface area contributed by atoms with Gasteiger partial charge in [0, 0.05) is 60.5 Å². The molecule has 3 heteroatoms. The minimum atomic E-state index is -0.123. The Kier molecular flexibility index (Phi) is 7.95. The summed E-state index contributed by atoms with van der Waals surface area (Å²) in [4.78, 5) is 2.41. The van der Waals surface area contributed by atoms with E-state index in [2.05, 4.69) is 219 Å². The maximum atomic E-state index is 6.87. The molecule has 1 aliphatic rings. The fourth-order valence-corrected chi connectivity index (χ4v) is 10.6. The molecule has 0 aliphatic heterocycles. The van der Waals surface area contributed by atoms with Gasteiger partial charge in [-0.1, -0.05) is 178 Å². The average Bonchev–Trinajstić information content (AvgIpc) is 4.00. The number of anilines is 3. The fourth-order valence-electron chi connectivity index (χ4n) is 10.6. The summed E-state index contributed by atoms with van der Waals surface area (Å²) >= 11 is 0. The number of furan rings is 2. The molecular formula is C61H41NO2. The first-order valence-corrected chi connectivity index (χ1v) is 22.1. The van der Waals surface area contributed by atoms with Gasteiger partial charge in [-0.15, -0.1) is 0 Å². The lowest BCUT2D eigenvalue weighted by molar-refractivity contribution is 0.660. The Morgan fingerprint density at radius 2 is 0.953 bits per heavy atom. The van der Waals surface area contributed by atoms with Gasteiger partial charge in [0.25, 0.3) is 0 Å². The Morgan fingerprint density at radius 3 is 1.81 bits per heavy atom. The summed E-state index contributed by atoms with van der Waals surface area (Å²) in [7, 11) is 0. The van der Waals surface area contributed by atoms with E-state index < -0.39 is 0 Å². The molecule has 0 spiro atoms. The third-order valence-electron chi connectivity index (χ3n) is 13.7. The van der Waals surface area contributed by atoms with Crippen LogP contribution in [0.4, 0.5) is 17.1 Å². The number of benzene rings is 10. The molecule has 0 fully saturated rings. The Hall–Kier alpha value is -8.14. The molecule has 0 radical (unpaired) electrons. The van der Waals surface area contributed by atoms with Crippen LogP contribution in [0.3, 0.4) is 0 Å². The second-order valence-electron chi connectivity index (χ2n) is 17.6. The van der Waals surface area contributed by atoms with Crippen LogP contribution in [0.15, 0.2) is 221 Å². The molecule has 12 aromatic rings. The first-order valence-electron chi connectivity index (χ1n) is 22.1. The van der Waals surface area contributed by atoms with E-state index in [1.807, 2.05) is 12.1 Å². The lowest BCUT2D eigenvalue weighted by Crippen LogP contribution is -2.16. The van der Waals surface area contributed by atoms with E-state index in [0.29, 0.717) is 0 Å². The van der Waals surface area contributed by atoms with Gasteiger partial charge in [0.2, 0.25) is 0 Å². The highest BCUT2D eigenvalue weighted by molar-refractivity contribution is 6.25. The molecule has 0 unspecified atom stereocenters. The van der Waals surface area contributed by atoms with Crippen LogP contribution in [0, 0.1) is 0 Å². The van der Waals surface area contributed by atoms with Crippen LogP contribution in [0.1, 0.15) is 25.0 Å². The molecule has 0 N–H and O–H groups in total. The van der Waals surface area contributed by atoms with Gasteiger partial charge in [-0.25, -0.2) is 0 Å². The van der Waals surface area contributed by atoms with Crippen LogP contribution in [0.25, 0.3) is 99.2 Å². The predicted molar refractivity (Wildman–Crippen MR) is 267 cm³/mol.